The second-order valence-corrected chi connectivity index (χ2v) is 8.10. The lowest BCUT2D eigenvalue weighted by Gasteiger charge is -2.33. The summed E-state index contributed by atoms with van der Waals surface area (Å²) in [5, 5.41) is 13.9. The second-order valence-electron chi connectivity index (χ2n) is 7.16. The number of anilines is 1. The van der Waals surface area contributed by atoms with Crippen molar-refractivity contribution >= 4 is 28.6 Å². The molecule has 0 aliphatic carbocycles. The fourth-order valence-corrected chi connectivity index (χ4v) is 4.17. The van der Waals surface area contributed by atoms with Crippen LogP contribution in [-0.4, -0.2) is 35.6 Å². The van der Waals surface area contributed by atoms with E-state index in [0.29, 0.717) is 18.0 Å². The van der Waals surface area contributed by atoms with E-state index in [4.69, 9.17) is 9.47 Å². The molecule has 31 heavy (non-hydrogen) atoms. The van der Waals surface area contributed by atoms with Gasteiger partial charge in [0.05, 0.1) is 34.5 Å². The van der Waals surface area contributed by atoms with Crippen LogP contribution in [0.2, 0.25) is 0 Å². The molecule has 1 aliphatic rings. The van der Waals surface area contributed by atoms with Gasteiger partial charge in [0.25, 0.3) is 11.6 Å². The van der Waals surface area contributed by atoms with E-state index in [1.54, 1.807) is 42.4 Å². The van der Waals surface area contributed by atoms with Crippen molar-refractivity contribution in [3.05, 3.63) is 68.5 Å². The van der Waals surface area contributed by atoms with Crippen LogP contribution in [0.15, 0.2) is 47.8 Å². The van der Waals surface area contributed by atoms with E-state index in [9.17, 15) is 14.9 Å². The number of amides is 1. The molecule has 0 bridgehead atoms. The monoisotopic (exact) mass is 439 g/mol. The molecule has 0 fully saturated rings. The van der Waals surface area contributed by atoms with Crippen LogP contribution >= 0.6 is 11.3 Å². The lowest BCUT2D eigenvalue weighted by Crippen LogP contribution is -2.44. The Kier molecular flexibility index (Phi) is 5.97. The van der Waals surface area contributed by atoms with Gasteiger partial charge in [-0.15, -0.1) is 11.3 Å². The van der Waals surface area contributed by atoms with Crippen molar-refractivity contribution in [3.63, 3.8) is 0 Å². The number of ether oxygens (including phenoxy) is 2. The van der Waals surface area contributed by atoms with Crippen molar-refractivity contribution < 1.29 is 19.2 Å². The Morgan fingerprint density at radius 2 is 2.03 bits per heavy atom. The standard InChI is InChI=1S/C22H21N3O5S/c1-14-22(26)24(12-15-3-6-17(7-4-15)25(27)28)19-11-16(5-8-20(19)30-14)18-13-31-21(23-18)9-10-29-2/h3-8,11,13-14H,9-10,12H2,1-2H3. The number of rotatable bonds is 7. The predicted molar refractivity (Wildman–Crippen MR) is 118 cm³/mol. The number of hydrogen-bond acceptors (Lipinski definition) is 7. The van der Waals surface area contributed by atoms with E-state index in [0.717, 1.165) is 28.2 Å². The van der Waals surface area contributed by atoms with E-state index in [-0.39, 0.29) is 18.1 Å². The zero-order chi connectivity index (χ0) is 22.0. The van der Waals surface area contributed by atoms with Crippen molar-refractivity contribution in [2.75, 3.05) is 18.6 Å². The van der Waals surface area contributed by atoms with Gasteiger partial charge in [-0.3, -0.25) is 14.9 Å². The molecule has 3 aromatic rings. The van der Waals surface area contributed by atoms with Crippen LogP contribution in [0.25, 0.3) is 11.3 Å². The van der Waals surface area contributed by atoms with Crippen LogP contribution in [0, 0.1) is 10.1 Å². The van der Waals surface area contributed by atoms with Crippen LogP contribution in [0.3, 0.4) is 0 Å². The first-order valence-electron chi connectivity index (χ1n) is 9.75. The fourth-order valence-electron chi connectivity index (χ4n) is 3.38. The lowest BCUT2D eigenvalue weighted by molar-refractivity contribution is -0.384. The number of aromatic nitrogens is 1. The van der Waals surface area contributed by atoms with Gasteiger partial charge in [0.1, 0.15) is 5.75 Å². The normalized spacial score (nSPS) is 15.5. The Morgan fingerprint density at radius 1 is 1.26 bits per heavy atom. The SMILES string of the molecule is COCCc1nc(-c2ccc3c(c2)N(Cc2ccc([N+](=O)[O-])cc2)C(=O)C(C)O3)cs1. The molecule has 1 unspecified atom stereocenters. The van der Waals surface area contributed by atoms with Gasteiger partial charge in [-0.05, 0) is 30.7 Å². The van der Waals surface area contributed by atoms with Gasteiger partial charge in [0, 0.05) is 36.6 Å². The molecule has 0 saturated carbocycles. The van der Waals surface area contributed by atoms with Crippen LogP contribution < -0.4 is 9.64 Å². The number of nitrogens with zero attached hydrogens (tertiary/aromatic N) is 3. The van der Waals surface area contributed by atoms with Crippen molar-refractivity contribution in [1.29, 1.82) is 0 Å². The lowest BCUT2D eigenvalue weighted by atomic mass is 10.1. The molecule has 0 spiro atoms. The molecule has 0 N–H and O–H groups in total. The summed E-state index contributed by atoms with van der Waals surface area (Å²) < 4.78 is 10.9. The summed E-state index contributed by atoms with van der Waals surface area (Å²) in [5.41, 5.74) is 3.19. The average molecular weight is 439 g/mol. The van der Waals surface area contributed by atoms with Crippen molar-refractivity contribution in [2.24, 2.45) is 0 Å². The Balaban J connectivity index is 1.64. The minimum atomic E-state index is -0.615. The molecule has 1 aromatic heterocycles. The van der Waals surface area contributed by atoms with Gasteiger partial charge in [0.2, 0.25) is 0 Å². The first-order chi connectivity index (χ1) is 15.0. The number of thiazole rings is 1. The van der Waals surface area contributed by atoms with E-state index < -0.39 is 11.0 Å². The Bertz CT molecular complexity index is 1110. The van der Waals surface area contributed by atoms with Gasteiger partial charge in [0.15, 0.2) is 6.10 Å². The van der Waals surface area contributed by atoms with Crippen molar-refractivity contribution in [2.45, 2.75) is 26.0 Å². The summed E-state index contributed by atoms with van der Waals surface area (Å²) in [5.74, 6) is 0.453. The average Bonchev–Trinajstić information content (AvgIpc) is 3.24. The Morgan fingerprint density at radius 3 is 2.74 bits per heavy atom. The van der Waals surface area contributed by atoms with Crippen LogP contribution in [0.1, 0.15) is 17.5 Å². The zero-order valence-electron chi connectivity index (χ0n) is 17.1. The quantitative estimate of drug-likeness (QED) is 0.404. The van der Waals surface area contributed by atoms with Gasteiger partial charge < -0.3 is 14.4 Å². The molecule has 4 rings (SSSR count). The molecule has 8 nitrogen and oxygen atoms in total. The van der Waals surface area contributed by atoms with Crippen molar-refractivity contribution in [1.82, 2.24) is 4.98 Å². The maximum absolute atomic E-state index is 12.9. The number of nitro benzene ring substituents is 1. The minimum absolute atomic E-state index is 0.0147. The molecular formula is C22H21N3O5S. The zero-order valence-corrected chi connectivity index (χ0v) is 17.9. The van der Waals surface area contributed by atoms with E-state index in [2.05, 4.69) is 4.98 Å². The first-order valence-corrected chi connectivity index (χ1v) is 10.6. The topological polar surface area (TPSA) is 94.8 Å². The molecule has 9 heteroatoms. The maximum Gasteiger partial charge on any atom is 0.269 e. The molecule has 1 amide bonds. The molecule has 0 saturated heterocycles. The van der Waals surface area contributed by atoms with E-state index in [1.807, 2.05) is 23.6 Å². The third-order valence-electron chi connectivity index (χ3n) is 5.02. The van der Waals surface area contributed by atoms with E-state index in [1.165, 1.54) is 12.1 Å². The third-order valence-corrected chi connectivity index (χ3v) is 5.93. The number of carbonyl (C=O) groups is 1. The fraction of sp³-hybridized carbons (Fsp3) is 0.273. The van der Waals surface area contributed by atoms with Crippen LogP contribution in [0.4, 0.5) is 11.4 Å². The molecule has 0 radical (unpaired) electrons. The van der Waals surface area contributed by atoms with Gasteiger partial charge >= 0.3 is 0 Å². The number of nitro groups is 1. The summed E-state index contributed by atoms with van der Waals surface area (Å²) >= 11 is 1.57. The second kappa shape index (κ2) is 8.83. The van der Waals surface area contributed by atoms with Gasteiger partial charge in [-0.25, -0.2) is 4.98 Å². The minimum Gasteiger partial charge on any atom is -0.479 e. The van der Waals surface area contributed by atoms with Crippen molar-refractivity contribution in [3.8, 4) is 17.0 Å². The summed E-state index contributed by atoms with van der Waals surface area (Å²) in [6.45, 7) is 2.61. The Hall–Kier alpha value is -3.30. The molecule has 2 heterocycles. The number of carbonyl (C=O) groups excluding carboxylic acids is 1. The molecule has 160 valence electrons. The summed E-state index contributed by atoms with van der Waals surface area (Å²) in [7, 11) is 1.66. The highest BCUT2D eigenvalue weighted by Crippen LogP contribution is 2.38. The highest BCUT2D eigenvalue weighted by atomic mass is 32.1. The molecule has 1 atom stereocenters. The van der Waals surface area contributed by atoms with E-state index >= 15 is 0 Å². The number of fused-ring (bicyclic) bond motifs is 1. The number of non-ortho nitro benzene ring substituents is 1. The largest absolute Gasteiger partial charge is 0.479 e. The maximum atomic E-state index is 12.9. The molecule has 1 aliphatic heterocycles. The summed E-state index contributed by atoms with van der Waals surface area (Å²) in [6.07, 6.45) is 0.133. The highest BCUT2D eigenvalue weighted by molar-refractivity contribution is 7.09. The molecular weight excluding hydrogens is 418 g/mol. The predicted octanol–water partition coefficient (Wildman–Crippen LogP) is 4.22. The van der Waals surface area contributed by atoms with Crippen LogP contribution in [0.5, 0.6) is 5.75 Å². The molecule has 2 aromatic carbocycles. The third kappa shape index (κ3) is 4.42. The van der Waals surface area contributed by atoms with Gasteiger partial charge in [-0.2, -0.15) is 0 Å². The summed E-state index contributed by atoms with van der Waals surface area (Å²) in [6, 6.07) is 11.9. The Labute approximate surface area is 183 Å². The number of methoxy groups -OCH3 is 1. The summed E-state index contributed by atoms with van der Waals surface area (Å²) in [4.78, 5) is 29.7. The number of benzene rings is 2. The first kappa shape index (κ1) is 21.0. The highest BCUT2D eigenvalue weighted by Gasteiger charge is 2.32. The number of hydrogen-bond donors (Lipinski definition) is 0. The van der Waals surface area contributed by atoms with Crippen LogP contribution in [-0.2, 0) is 22.5 Å². The smallest absolute Gasteiger partial charge is 0.269 e. The van der Waals surface area contributed by atoms with Gasteiger partial charge in [-0.1, -0.05) is 12.1 Å².